The van der Waals surface area contributed by atoms with E-state index in [1.807, 2.05) is 12.1 Å². The van der Waals surface area contributed by atoms with E-state index in [9.17, 15) is 0 Å². The van der Waals surface area contributed by atoms with Crippen molar-refractivity contribution in [1.29, 1.82) is 10.7 Å². The summed E-state index contributed by atoms with van der Waals surface area (Å²) in [7, 11) is 0. The van der Waals surface area contributed by atoms with Crippen molar-refractivity contribution in [1.82, 2.24) is 20.6 Å². The molecule has 0 radical (unpaired) electrons. The lowest BCUT2D eigenvalue weighted by Crippen LogP contribution is -2.45. The van der Waals surface area contributed by atoms with Gasteiger partial charge in [-0.3, -0.25) is 5.41 Å². The number of nitrogens with zero attached hydrogens (tertiary/aromatic N) is 4. The van der Waals surface area contributed by atoms with Gasteiger partial charge in [-0.15, -0.1) is 0 Å². The third-order valence-electron chi connectivity index (χ3n) is 4.31. The highest BCUT2D eigenvalue weighted by Crippen LogP contribution is 2.27. The maximum atomic E-state index is 8.76. The number of amidine groups is 1. The van der Waals surface area contributed by atoms with Crippen LogP contribution >= 0.6 is 15.9 Å². The highest BCUT2D eigenvalue weighted by molar-refractivity contribution is 9.12. The van der Waals surface area contributed by atoms with Gasteiger partial charge >= 0.3 is 0 Å². The fraction of sp³-hybridized carbons (Fsp3) is 0.412. The smallest absolute Gasteiger partial charge is 0.159 e. The number of nitrogens with one attached hydrogen (secondary N) is 3. The van der Waals surface area contributed by atoms with Gasteiger partial charge in [0, 0.05) is 37.0 Å². The predicted molar refractivity (Wildman–Crippen MR) is 100 cm³/mol. The number of hydrazone groups is 1. The lowest BCUT2D eigenvalue weighted by atomic mass is 9.95. The first kappa shape index (κ1) is 17.6. The van der Waals surface area contributed by atoms with Gasteiger partial charge in [0.2, 0.25) is 0 Å². The molecule has 1 saturated heterocycles. The minimum Gasteiger partial charge on any atom is -0.368 e. The largest absolute Gasteiger partial charge is 0.368 e. The Morgan fingerprint density at radius 1 is 1.52 bits per heavy atom. The predicted octanol–water partition coefficient (Wildman–Crippen LogP) is 1.93. The molecule has 1 fully saturated rings. The van der Waals surface area contributed by atoms with Crippen molar-refractivity contribution in [2.24, 2.45) is 11.0 Å². The molecule has 1 unspecified atom stereocenters. The van der Waals surface area contributed by atoms with Crippen LogP contribution in [0.1, 0.15) is 24.1 Å². The number of pyridine rings is 1. The van der Waals surface area contributed by atoms with Gasteiger partial charge in [-0.25, -0.2) is 9.99 Å². The Bertz CT molecular complexity index is 726. The van der Waals surface area contributed by atoms with Crippen LogP contribution in [0.3, 0.4) is 0 Å². The first-order chi connectivity index (χ1) is 12.2. The summed E-state index contributed by atoms with van der Waals surface area (Å²) in [6.45, 7) is 2.50. The molecule has 1 aromatic heterocycles. The maximum absolute atomic E-state index is 8.76. The van der Waals surface area contributed by atoms with Crippen LogP contribution < -0.4 is 10.6 Å². The lowest BCUT2D eigenvalue weighted by Gasteiger charge is -2.33. The van der Waals surface area contributed by atoms with Crippen molar-refractivity contribution >= 4 is 28.0 Å². The van der Waals surface area contributed by atoms with Gasteiger partial charge in [0.05, 0.1) is 4.48 Å². The fourth-order valence-electron chi connectivity index (χ4n) is 2.93. The Morgan fingerprint density at radius 2 is 2.40 bits per heavy atom. The Morgan fingerprint density at radius 3 is 3.08 bits per heavy atom. The van der Waals surface area contributed by atoms with Crippen LogP contribution in [0, 0.1) is 22.7 Å². The van der Waals surface area contributed by atoms with Gasteiger partial charge in [0.15, 0.2) is 5.84 Å². The molecule has 1 aromatic rings. The molecule has 1 atom stereocenters. The number of aromatic nitrogens is 1. The summed E-state index contributed by atoms with van der Waals surface area (Å²) in [5.41, 5.74) is 2.48. The first-order valence-electron chi connectivity index (χ1n) is 8.27. The SMILES string of the molecule is N#Cc1ccc(C/C=N\N2CNC(C3CCCNC3)=C(Br)C2=N)cn1. The fourth-order valence-corrected chi connectivity index (χ4v) is 3.60. The molecule has 3 heterocycles. The van der Waals surface area contributed by atoms with E-state index in [-0.39, 0.29) is 0 Å². The molecular weight excluding hydrogens is 382 g/mol. The second kappa shape index (κ2) is 8.23. The van der Waals surface area contributed by atoms with E-state index < -0.39 is 0 Å². The van der Waals surface area contributed by atoms with E-state index >= 15 is 0 Å². The van der Waals surface area contributed by atoms with E-state index in [0.29, 0.717) is 30.5 Å². The van der Waals surface area contributed by atoms with Crippen LogP contribution in [0.2, 0.25) is 0 Å². The summed E-state index contributed by atoms with van der Waals surface area (Å²) in [6.07, 6.45) is 6.32. The lowest BCUT2D eigenvalue weighted by molar-refractivity contribution is 0.356. The number of halogens is 1. The molecule has 0 amide bonds. The normalized spacial score (nSPS) is 21.4. The van der Waals surface area contributed by atoms with Crippen LogP contribution in [-0.2, 0) is 6.42 Å². The van der Waals surface area contributed by atoms with E-state index in [1.54, 1.807) is 23.5 Å². The third-order valence-corrected chi connectivity index (χ3v) is 5.12. The van der Waals surface area contributed by atoms with Gasteiger partial charge in [0.25, 0.3) is 0 Å². The molecule has 2 aliphatic rings. The van der Waals surface area contributed by atoms with Crippen molar-refractivity contribution in [3.8, 4) is 6.07 Å². The number of hydrogen-bond donors (Lipinski definition) is 3. The van der Waals surface area contributed by atoms with Crippen molar-refractivity contribution in [3.63, 3.8) is 0 Å². The summed E-state index contributed by atoms with van der Waals surface area (Å²) in [6, 6.07) is 5.55. The second-order valence-electron chi connectivity index (χ2n) is 6.02. The quantitative estimate of drug-likeness (QED) is 0.669. The maximum Gasteiger partial charge on any atom is 0.159 e. The molecule has 0 spiro atoms. The molecule has 2 aliphatic heterocycles. The minimum absolute atomic E-state index is 0.369. The molecule has 7 nitrogen and oxygen atoms in total. The van der Waals surface area contributed by atoms with Crippen molar-refractivity contribution in [2.75, 3.05) is 19.8 Å². The van der Waals surface area contributed by atoms with Gasteiger partial charge < -0.3 is 10.6 Å². The standard InChI is InChI=1S/C17H20BrN7/c18-15-16(13-2-1-6-21-10-13)23-11-25(17(15)20)24-7-5-12-3-4-14(8-19)22-9-12/h3-4,7,9,13,20-21,23H,1-2,5-6,10-11H2/b20-17?,24-7-. The van der Waals surface area contributed by atoms with Crippen molar-refractivity contribution in [2.45, 2.75) is 19.3 Å². The Labute approximate surface area is 155 Å². The minimum atomic E-state index is 0.369. The number of nitriles is 1. The number of hydrogen-bond acceptors (Lipinski definition) is 6. The molecule has 0 aliphatic carbocycles. The monoisotopic (exact) mass is 401 g/mol. The second-order valence-corrected chi connectivity index (χ2v) is 6.81. The summed E-state index contributed by atoms with van der Waals surface area (Å²) < 4.78 is 0.782. The molecular formula is C17H20BrN7. The zero-order valence-electron chi connectivity index (χ0n) is 13.8. The third kappa shape index (κ3) is 4.24. The molecule has 3 rings (SSSR count). The van der Waals surface area contributed by atoms with Crippen LogP contribution in [0.25, 0.3) is 0 Å². The molecule has 0 aromatic carbocycles. The van der Waals surface area contributed by atoms with E-state index in [4.69, 9.17) is 10.7 Å². The van der Waals surface area contributed by atoms with E-state index in [1.165, 1.54) is 0 Å². The highest BCUT2D eigenvalue weighted by atomic mass is 79.9. The summed E-state index contributed by atoms with van der Waals surface area (Å²) in [5.74, 6) is 0.785. The van der Waals surface area contributed by atoms with Crippen molar-refractivity contribution < 1.29 is 0 Å². The van der Waals surface area contributed by atoms with Crippen LogP contribution in [0.4, 0.5) is 0 Å². The average molecular weight is 402 g/mol. The summed E-state index contributed by atoms with van der Waals surface area (Å²) in [4.78, 5) is 4.04. The van der Waals surface area contributed by atoms with E-state index in [0.717, 1.165) is 41.7 Å². The van der Waals surface area contributed by atoms with Gasteiger partial charge in [-0.2, -0.15) is 10.4 Å². The summed E-state index contributed by atoms with van der Waals surface area (Å²) >= 11 is 3.56. The Balaban J connectivity index is 1.61. The zero-order chi connectivity index (χ0) is 17.6. The zero-order valence-corrected chi connectivity index (χ0v) is 15.4. The Kier molecular flexibility index (Phi) is 5.79. The summed E-state index contributed by atoms with van der Waals surface area (Å²) in [5, 5.41) is 29.9. The Hall–Kier alpha value is -2.24. The van der Waals surface area contributed by atoms with Gasteiger partial charge in [-0.05, 0) is 46.9 Å². The van der Waals surface area contributed by atoms with Crippen LogP contribution in [0.15, 0.2) is 33.6 Å². The molecule has 130 valence electrons. The average Bonchev–Trinajstić information content (AvgIpc) is 2.66. The van der Waals surface area contributed by atoms with E-state index in [2.05, 4.69) is 36.6 Å². The topological polar surface area (TPSA) is 100 Å². The van der Waals surface area contributed by atoms with Crippen LogP contribution in [0.5, 0.6) is 0 Å². The van der Waals surface area contributed by atoms with Crippen molar-refractivity contribution in [3.05, 3.63) is 39.8 Å². The molecule has 0 bridgehead atoms. The molecule has 3 N–H and O–H groups in total. The van der Waals surface area contributed by atoms with Crippen LogP contribution in [-0.4, -0.2) is 41.8 Å². The number of piperidine rings is 1. The number of rotatable bonds is 4. The van der Waals surface area contributed by atoms with Gasteiger partial charge in [0.1, 0.15) is 18.4 Å². The molecule has 8 heteroatoms. The molecule has 0 saturated carbocycles. The molecule has 25 heavy (non-hydrogen) atoms. The first-order valence-corrected chi connectivity index (χ1v) is 9.06. The van der Waals surface area contributed by atoms with Gasteiger partial charge in [-0.1, -0.05) is 6.07 Å². The highest BCUT2D eigenvalue weighted by Gasteiger charge is 2.27.